The molecular weight excluding hydrogens is 356 g/mol. The van der Waals surface area contributed by atoms with Crippen LogP contribution in [-0.2, 0) is 17.3 Å². The fourth-order valence-electron chi connectivity index (χ4n) is 3.03. The van der Waals surface area contributed by atoms with Crippen LogP contribution in [0, 0.1) is 0 Å². The van der Waals surface area contributed by atoms with E-state index in [0.29, 0.717) is 37.7 Å². The van der Waals surface area contributed by atoms with Crippen LogP contribution in [0.15, 0.2) is 30.7 Å². The van der Waals surface area contributed by atoms with Gasteiger partial charge in [-0.25, -0.2) is 15.1 Å². The number of hydrogen-bond acceptors (Lipinski definition) is 7. The number of nitrogens with zero attached hydrogens (tertiary/aromatic N) is 7. The van der Waals surface area contributed by atoms with Crippen LogP contribution in [0.3, 0.4) is 0 Å². The first-order chi connectivity index (χ1) is 12.4. The van der Waals surface area contributed by atoms with E-state index >= 15 is 0 Å². The van der Waals surface area contributed by atoms with E-state index < -0.39 is 10.2 Å². The number of hydrogen-bond donors (Lipinski definition) is 1. The van der Waals surface area contributed by atoms with E-state index in [-0.39, 0.29) is 0 Å². The highest BCUT2D eigenvalue weighted by Gasteiger charge is 2.26. The second-order valence-electron chi connectivity index (χ2n) is 6.05. The van der Waals surface area contributed by atoms with Crippen LogP contribution in [-0.4, -0.2) is 63.6 Å². The summed E-state index contributed by atoms with van der Waals surface area (Å²) < 4.78 is 26.0. The van der Waals surface area contributed by atoms with Crippen molar-refractivity contribution in [3.05, 3.63) is 30.7 Å². The molecule has 0 aliphatic carbocycles. The molecule has 0 unspecified atom stereocenters. The quantitative estimate of drug-likeness (QED) is 0.670. The van der Waals surface area contributed by atoms with Gasteiger partial charge in [0.15, 0.2) is 11.5 Å². The molecule has 1 aliphatic heterocycles. The Hall–Kier alpha value is -2.63. The van der Waals surface area contributed by atoms with Gasteiger partial charge in [0.25, 0.3) is 10.2 Å². The number of rotatable bonds is 3. The second kappa shape index (κ2) is 6.27. The average Bonchev–Trinajstić information content (AvgIpc) is 3.02. The molecule has 0 atom stereocenters. The van der Waals surface area contributed by atoms with E-state index in [0.717, 1.165) is 16.8 Å². The average molecular weight is 374 g/mol. The highest BCUT2D eigenvalue weighted by molar-refractivity contribution is 7.86. The SMILES string of the molecule is Cn1ncc2c(N3CCN(S(N)(=O)=O)CC3)nc(-c3cccnc3)nc21. The molecule has 26 heavy (non-hydrogen) atoms. The van der Waals surface area contributed by atoms with Crippen LogP contribution in [0.2, 0.25) is 0 Å². The summed E-state index contributed by atoms with van der Waals surface area (Å²) >= 11 is 0. The maximum atomic E-state index is 11.5. The van der Waals surface area contributed by atoms with Crippen molar-refractivity contribution >= 4 is 27.1 Å². The van der Waals surface area contributed by atoms with Crippen LogP contribution in [0.1, 0.15) is 0 Å². The predicted octanol–water partition coefficient (Wildman–Crippen LogP) is -0.249. The molecule has 4 rings (SSSR count). The third-order valence-electron chi connectivity index (χ3n) is 4.39. The number of nitrogens with two attached hydrogens (primary N) is 1. The minimum atomic E-state index is -3.67. The predicted molar refractivity (Wildman–Crippen MR) is 96.4 cm³/mol. The van der Waals surface area contributed by atoms with Crippen molar-refractivity contribution in [3.8, 4) is 11.4 Å². The van der Waals surface area contributed by atoms with E-state index in [1.165, 1.54) is 4.31 Å². The summed E-state index contributed by atoms with van der Waals surface area (Å²) in [4.78, 5) is 15.5. The van der Waals surface area contributed by atoms with Gasteiger partial charge in [-0.3, -0.25) is 9.67 Å². The minimum Gasteiger partial charge on any atom is -0.353 e. The number of fused-ring (bicyclic) bond motifs is 1. The summed E-state index contributed by atoms with van der Waals surface area (Å²) in [7, 11) is -1.85. The third kappa shape index (κ3) is 3.00. The van der Waals surface area contributed by atoms with Gasteiger partial charge in [-0.1, -0.05) is 0 Å². The molecule has 10 nitrogen and oxygen atoms in total. The number of pyridine rings is 1. The molecule has 1 aliphatic rings. The first-order valence-corrected chi connectivity index (χ1v) is 9.57. The largest absolute Gasteiger partial charge is 0.353 e. The van der Waals surface area contributed by atoms with E-state index in [1.807, 2.05) is 24.1 Å². The highest BCUT2D eigenvalue weighted by Crippen LogP contribution is 2.27. The standard InChI is InChI=1S/C15H18N8O2S/c1-21-14-12(10-18-21)15(20-13(19-14)11-3-2-4-17-9-11)22-5-7-23(8-6-22)26(16,24)25/h2-4,9-10H,5-8H2,1H3,(H2,16,24,25). The van der Waals surface area contributed by atoms with Gasteiger partial charge in [0.1, 0.15) is 5.82 Å². The number of aryl methyl sites for hydroxylation is 1. The Bertz CT molecular complexity index is 1040. The van der Waals surface area contributed by atoms with Crippen LogP contribution >= 0.6 is 0 Å². The van der Waals surface area contributed by atoms with E-state index in [9.17, 15) is 8.42 Å². The topological polar surface area (TPSA) is 123 Å². The Morgan fingerprint density at radius 2 is 1.88 bits per heavy atom. The Morgan fingerprint density at radius 1 is 1.12 bits per heavy atom. The van der Waals surface area contributed by atoms with Crippen molar-refractivity contribution in [1.82, 2.24) is 29.0 Å². The molecule has 1 fully saturated rings. The Labute approximate surface area is 150 Å². The minimum absolute atomic E-state index is 0.312. The fourth-order valence-corrected chi connectivity index (χ4v) is 3.70. The van der Waals surface area contributed by atoms with Crippen LogP contribution in [0.25, 0.3) is 22.4 Å². The molecule has 3 aromatic heterocycles. The van der Waals surface area contributed by atoms with Crippen molar-refractivity contribution in [2.45, 2.75) is 0 Å². The van der Waals surface area contributed by atoms with Gasteiger partial charge in [0.2, 0.25) is 0 Å². The smallest absolute Gasteiger partial charge is 0.277 e. The fraction of sp³-hybridized carbons (Fsp3) is 0.333. The van der Waals surface area contributed by atoms with Gasteiger partial charge < -0.3 is 4.90 Å². The maximum Gasteiger partial charge on any atom is 0.277 e. The zero-order chi connectivity index (χ0) is 18.3. The lowest BCUT2D eigenvalue weighted by molar-refractivity contribution is 0.385. The lowest BCUT2D eigenvalue weighted by Crippen LogP contribution is -2.51. The van der Waals surface area contributed by atoms with Crippen molar-refractivity contribution in [2.75, 3.05) is 31.1 Å². The molecule has 4 heterocycles. The molecule has 1 saturated heterocycles. The van der Waals surface area contributed by atoms with Gasteiger partial charge in [0, 0.05) is 51.2 Å². The molecule has 0 aromatic carbocycles. The second-order valence-corrected chi connectivity index (χ2v) is 7.60. The van der Waals surface area contributed by atoms with Crippen LogP contribution in [0.4, 0.5) is 5.82 Å². The lowest BCUT2D eigenvalue weighted by Gasteiger charge is -2.34. The molecular formula is C15H18N8O2S. The van der Waals surface area contributed by atoms with Gasteiger partial charge in [0.05, 0.1) is 11.6 Å². The Morgan fingerprint density at radius 3 is 2.54 bits per heavy atom. The molecule has 0 radical (unpaired) electrons. The summed E-state index contributed by atoms with van der Waals surface area (Å²) in [6.07, 6.45) is 5.13. The van der Waals surface area contributed by atoms with Crippen molar-refractivity contribution in [2.24, 2.45) is 12.2 Å². The van der Waals surface area contributed by atoms with Crippen molar-refractivity contribution in [3.63, 3.8) is 0 Å². The summed E-state index contributed by atoms with van der Waals surface area (Å²) in [5.74, 6) is 1.29. The summed E-state index contributed by atoms with van der Waals surface area (Å²) in [5.41, 5.74) is 1.52. The molecule has 0 spiro atoms. The molecule has 0 bridgehead atoms. The summed E-state index contributed by atoms with van der Waals surface area (Å²) in [5, 5.41) is 10.3. The summed E-state index contributed by atoms with van der Waals surface area (Å²) in [6, 6.07) is 3.73. The molecule has 0 amide bonds. The van der Waals surface area contributed by atoms with E-state index in [1.54, 1.807) is 23.3 Å². The van der Waals surface area contributed by atoms with E-state index in [4.69, 9.17) is 10.1 Å². The van der Waals surface area contributed by atoms with Gasteiger partial charge in [-0.15, -0.1) is 0 Å². The molecule has 136 valence electrons. The monoisotopic (exact) mass is 374 g/mol. The van der Waals surface area contributed by atoms with Crippen molar-refractivity contribution < 1.29 is 8.42 Å². The first-order valence-electron chi connectivity index (χ1n) is 8.06. The van der Waals surface area contributed by atoms with E-state index in [2.05, 4.69) is 15.1 Å². The molecule has 3 aromatic rings. The normalized spacial score (nSPS) is 16.3. The third-order valence-corrected chi connectivity index (χ3v) is 5.47. The Kier molecular flexibility index (Phi) is 4.05. The maximum absolute atomic E-state index is 11.5. The molecule has 2 N–H and O–H groups in total. The zero-order valence-electron chi connectivity index (χ0n) is 14.1. The lowest BCUT2D eigenvalue weighted by atomic mass is 10.2. The number of aromatic nitrogens is 5. The van der Waals surface area contributed by atoms with Gasteiger partial charge in [-0.05, 0) is 12.1 Å². The molecule has 11 heteroatoms. The number of anilines is 1. The van der Waals surface area contributed by atoms with Gasteiger partial charge in [-0.2, -0.15) is 17.8 Å². The van der Waals surface area contributed by atoms with Gasteiger partial charge >= 0.3 is 0 Å². The highest BCUT2D eigenvalue weighted by atomic mass is 32.2. The number of piperazine rings is 1. The summed E-state index contributed by atoms with van der Waals surface area (Å²) in [6.45, 7) is 1.60. The Balaban J connectivity index is 1.75. The zero-order valence-corrected chi connectivity index (χ0v) is 15.0. The van der Waals surface area contributed by atoms with Crippen LogP contribution in [0.5, 0.6) is 0 Å². The first kappa shape index (κ1) is 16.8. The van der Waals surface area contributed by atoms with Crippen molar-refractivity contribution in [1.29, 1.82) is 0 Å². The molecule has 0 saturated carbocycles. The van der Waals surface area contributed by atoms with Crippen LogP contribution < -0.4 is 10.0 Å².